The van der Waals surface area contributed by atoms with Crippen molar-refractivity contribution < 1.29 is 19.2 Å². The Labute approximate surface area is 157 Å². The SMILES string of the molecule is CC(=O)OCC(=O)[C@H]1[C@H](C(Sc2ccccc2)[N+](=O)[O-])CC(C)C1(C)C. The molecule has 1 aromatic carbocycles. The highest BCUT2D eigenvalue weighted by molar-refractivity contribution is 7.99. The summed E-state index contributed by atoms with van der Waals surface area (Å²) in [5.41, 5.74) is -0.395. The Morgan fingerprint density at radius 3 is 2.50 bits per heavy atom. The minimum atomic E-state index is -0.923. The summed E-state index contributed by atoms with van der Waals surface area (Å²) in [5, 5.41) is 10.9. The summed E-state index contributed by atoms with van der Waals surface area (Å²) in [6.07, 6.45) is 0.592. The van der Waals surface area contributed by atoms with Gasteiger partial charge in [-0.1, -0.05) is 39.0 Å². The molecule has 4 atom stereocenters. The molecule has 2 rings (SSSR count). The van der Waals surface area contributed by atoms with E-state index in [9.17, 15) is 19.7 Å². The Bertz CT molecular complexity index is 676. The summed E-state index contributed by atoms with van der Waals surface area (Å²) in [5.74, 6) is -1.55. The van der Waals surface area contributed by atoms with Crippen molar-refractivity contribution in [1.82, 2.24) is 0 Å². The molecule has 6 nitrogen and oxygen atoms in total. The third kappa shape index (κ3) is 4.44. The van der Waals surface area contributed by atoms with E-state index >= 15 is 0 Å². The molecule has 1 saturated carbocycles. The van der Waals surface area contributed by atoms with E-state index in [-0.39, 0.29) is 23.2 Å². The maximum Gasteiger partial charge on any atom is 0.303 e. The zero-order valence-corrected chi connectivity index (χ0v) is 16.3. The van der Waals surface area contributed by atoms with Gasteiger partial charge in [0.2, 0.25) is 0 Å². The van der Waals surface area contributed by atoms with Gasteiger partial charge in [0.1, 0.15) is 6.61 Å². The molecule has 0 saturated heterocycles. The van der Waals surface area contributed by atoms with Gasteiger partial charge in [-0.2, -0.15) is 0 Å². The number of nitro groups is 1. The number of hydrogen-bond donors (Lipinski definition) is 0. The van der Waals surface area contributed by atoms with Crippen LogP contribution in [-0.2, 0) is 14.3 Å². The third-order valence-corrected chi connectivity index (χ3v) is 6.77. The second kappa shape index (κ2) is 8.20. The molecule has 0 aliphatic heterocycles. The van der Waals surface area contributed by atoms with Crippen molar-refractivity contribution in [2.45, 2.75) is 44.4 Å². The molecule has 0 radical (unpaired) electrons. The second-order valence-electron chi connectivity index (χ2n) is 7.45. The Morgan fingerprint density at radius 2 is 1.96 bits per heavy atom. The van der Waals surface area contributed by atoms with Gasteiger partial charge in [0, 0.05) is 28.6 Å². The van der Waals surface area contributed by atoms with Gasteiger partial charge in [-0.05, 0) is 41.6 Å². The van der Waals surface area contributed by atoms with E-state index in [0.29, 0.717) is 6.42 Å². The minimum absolute atomic E-state index is 0.151. The first-order valence-electron chi connectivity index (χ1n) is 8.65. The topological polar surface area (TPSA) is 86.5 Å². The average molecular weight is 379 g/mol. The predicted octanol–water partition coefficient (Wildman–Crippen LogP) is 3.81. The first kappa shape index (κ1) is 20.4. The summed E-state index contributed by atoms with van der Waals surface area (Å²) in [4.78, 5) is 36.2. The highest BCUT2D eigenvalue weighted by Gasteiger charge is 2.56. The van der Waals surface area contributed by atoms with Gasteiger partial charge < -0.3 is 4.74 Å². The van der Waals surface area contributed by atoms with Crippen molar-refractivity contribution in [2.75, 3.05) is 6.61 Å². The van der Waals surface area contributed by atoms with Crippen LogP contribution in [0.4, 0.5) is 0 Å². The van der Waals surface area contributed by atoms with Gasteiger partial charge in [0.15, 0.2) is 5.78 Å². The Morgan fingerprint density at radius 1 is 1.35 bits per heavy atom. The van der Waals surface area contributed by atoms with Gasteiger partial charge in [-0.25, -0.2) is 0 Å². The van der Waals surface area contributed by atoms with E-state index in [4.69, 9.17) is 4.74 Å². The standard InChI is InChI=1S/C19H25NO5S/c1-12-10-15(17(19(12,3)4)16(22)11-25-13(2)21)18(20(23)24)26-14-8-6-5-7-9-14/h5-9,12,15,17-18H,10-11H2,1-4H3/t12?,15-,17-,18?/m1/s1. The van der Waals surface area contributed by atoms with Gasteiger partial charge in [-0.15, -0.1) is 0 Å². The van der Waals surface area contributed by atoms with Crippen molar-refractivity contribution in [3.63, 3.8) is 0 Å². The van der Waals surface area contributed by atoms with E-state index in [1.54, 1.807) is 0 Å². The average Bonchev–Trinajstić information content (AvgIpc) is 2.80. The number of thioether (sulfide) groups is 1. The molecule has 1 fully saturated rings. The highest BCUT2D eigenvalue weighted by atomic mass is 32.2. The van der Waals surface area contributed by atoms with E-state index in [0.717, 1.165) is 4.90 Å². The van der Waals surface area contributed by atoms with Crippen molar-refractivity contribution in [3.8, 4) is 0 Å². The van der Waals surface area contributed by atoms with Crippen LogP contribution in [0.5, 0.6) is 0 Å². The Balaban J connectivity index is 2.30. The van der Waals surface area contributed by atoms with Crippen LogP contribution in [-0.4, -0.2) is 28.7 Å². The Kier molecular flexibility index (Phi) is 6.44. The zero-order valence-electron chi connectivity index (χ0n) is 15.5. The molecule has 0 amide bonds. The lowest BCUT2D eigenvalue weighted by molar-refractivity contribution is -0.505. The molecule has 142 valence electrons. The largest absolute Gasteiger partial charge is 0.458 e. The molecule has 0 bridgehead atoms. The van der Waals surface area contributed by atoms with Crippen LogP contribution in [0.1, 0.15) is 34.1 Å². The highest BCUT2D eigenvalue weighted by Crippen LogP contribution is 2.54. The minimum Gasteiger partial charge on any atom is -0.458 e. The van der Waals surface area contributed by atoms with Crippen molar-refractivity contribution in [2.24, 2.45) is 23.2 Å². The Hall–Kier alpha value is -1.89. The van der Waals surface area contributed by atoms with Gasteiger partial charge >= 0.3 is 5.97 Å². The molecular formula is C19H25NO5S. The smallest absolute Gasteiger partial charge is 0.303 e. The number of Topliss-reactive ketones (excluding diaryl/α,β-unsaturated/α-hetero) is 1. The summed E-state index contributed by atoms with van der Waals surface area (Å²) >= 11 is 1.18. The molecular weight excluding hydrogens is 354 g/mol. The number of ether oxygens (including phenoxy) is 1. The van der Waals surface area contributed by atoms with Crippen LogP contribution in [0.25, 0.3) is 0 Å². The maximum absolute atomic E-state index is 12.8. The lowest BCUT2D eigenvalue weighted by atomic mass is 9.73. The molecule has 0 N–H and O–H groups in total. The second-order valence-corrected chi connectivity index (χ2v) is 8.64. The van der Waals surface area contributed by atoms with E-state index in [1.807, 2.05) is 51.1 Å². The summed E-state index contributed by atoms with van der Waals surface area (Å²) < 4.78 is 4.89. The van der Waals surface area contributed by atoms with Crippen molar-refractivity contribution in [3.05, 3.63) is 40.4 Å². The molecule has 26 heavy (non-hydrogen) atoms. The van der Waals surface area contributed by atoms with Crippen LogP contribution in [0, 0.1) is 33.3 Å². The number of carbonyl (C=O) groups is 2. The van der Waals surface area contributed by atoms with Crippen molar-refractivity contribution >= 4 is 23.5 Å². The number of carbonyl (C=O) groups excluding carboxylic acids is 2. The number of benzene rings is 1. The third-order valence-electron chi connectivity index (χ3n) is 5.46. The zero-order chi connectivity index (χ0) is 19.5. The van der Waals surface area contributed by atoms with Crippen LogP contribution in [0.2, 0.25) is 0 Å². The maximum atomic E-state index is 12.8. The van der Waals surface area contributed by atoms with Crippen LogP contribution < -0.4 is 0 Å². The molecule has 1 aliphatic rings. The first-order valence-corrected chi connectivity index (χ1v) is 9.53. The van der Waals surface area contributed by atoms with Crippen LogP contribution >= 0.6 is 11.8 Å². The quantitative estimate of drug-likeness (QED) is 0.235. The molecule has 0 heterocycles. The fourth-order valence-corrected chi connectivity index (χ4v) is 4.95. The molecule has 2 unspecified atom stereocenters. The van der Waals surface area contributed by atoms with Crippen molar-refractivity contribution in [1.29, 1.82) is 0 Å². The summed E-state index contributed by atoms with van der Waals surface area (Å²) in [6.45, 7) is 6.89. The molecule has 7 heteroatoms. The normalized spacial score (nSPS) is 25.5. The number of rotatable bonds is 7. The number of ketones is 1. The molecule has 1 aliphatic carbocycles. The van der Waals surface area contributed by atoms with Crippen LogP contribution in [0.15, 0.2) is 35.2 Å². The molecule has 0 spiro atoms. The van der Waals surface area contributed by atoms with E-state index < -0.39 is 28.6 Å². The fraction of sp³-hybridized carbons (Fsp3) is 0.579. The monoisotopic (exact) mass is 379 g/mol. The van der Waals surface area contributed by atoms with E-state index in [1.165, 1.54) is 18.7 Å². The number of nitrogens with zero attached hydrogens (tertiary/aromatic N) is 1. The number of hydrogen-bond acceptors (Lipinski definition) is 6. The lowest BCUT2D eigenvalue weighted by Gasteiger charge is -2.32. The van der Waals surface area contributed by atoms with Crippen LogP contribution in [0.3, 0.4) is 0 Å². The first-order chi connectivity index (χ1) is 12.1. The van der Waals surface area contributed by atoms with Gasteiger partial charge in [0.25, 0.3) is 5.37 Å². The van der Waals surface area contributed by atoms with E-state index in [2.05, 4.69) is 0 Å². The fourth-order valence-electron chi connectivity index (χ4n) is 3.83. The molecule has 0 aromatic heterocycles. The lowest BCUT2D eigenvalue weighted by Crippen LogP contribution is -2.40. The summed E-state index contributed by atoms with van der Waals surface area (Å²) in [6, 6.07) is 9.20. The molecule has 1 aromatic rings. The van der Waals surface area contributed by atoms with Gasteiger partial charge in [0.05, 0.1) is 0 Å². The van der Waals surface area contributed by atoms with Gasteiger partial charge in [-0.3, -0.25) is 19.7 Å². The predicted molar refractivity (Wildman–Crippen MR) is 99.3 cm³/mol. The number of esters is 1. The summed E-state index contributed by atoms with van der Waals surface area (Å²) in [7, 11) is 0.